The lowest BCUT2D eigenvalue weighted by Crippen LogP contribution is -2.29. The van der Waals surface area contributed by atoms with E-state index in [1.807, 2.05) is 24.3 Å². The minimum absolute atomic E-state index is 0.0710. The summed E-state index contributed by atoms with van der Waals surface area (Å²) in [5.74, 6) is -1.20. The highest BCUT2D eigenvalue weighted by molar-refractivity contribution is 7.89. The van der Waals surface area contributed by atoms with Gasteiger partial charge in [0.2, 0.25) is 10.0 Å². The number of likely N-dealkylation sites (N-methyl/N-ethyl adjacent to an activating group) is 1. The fourth-order valence-electron chi connectivity index (χ4n) is 3.08. The van der Waals surface area contributed by atoms with E-state index in [2.05, 4.69) is 23.6 Å². The molecule has 0 aliphatic rings. The van der Waals surface area contributed by atoms with Gasteiger partial charge in [-0.3, -0.25) is 0 Å². The second-order valence-electron chi connectivity index (χ2n) is 8.20. The molecule has 35 heavy (non-hydrogen) atoms. The predicted molar refractivity (Wildman–Crippen MR) is 131 cm³/mol. The Balaban J connectivity index is 2.18. The van der Waals surface area contributed by atoms with Gasteiger partial charge in [0.1, 0.15) is 16.5 Å². The fraction of sp³-hybridized carbons (Fsp3) is 0.375. The maximum atomic E-state index is 13.1. The molecule has 0 fully saturated rings. The third kappa shape index (κ3) is 7.27. The molecule has 0 saturated heterocycles. The van der Waals surface area contributed by atoms with Gasteiger partial charge in [0.25, 0.3) is 0 Å². The average Bonchev–Trinajstić information content (AvgIpc) is 2.81. The number of amides is 1. The molecule has 10 nitrogen and oxygen atoms in total. The molecule has 0 aliphatic heterocycles. The molecule has 0 radical (unpaired) electrons. The molecule has 1 amide bonds. The van der Waals surface area contributed by atoms with Crippen molar-refractivity contribution in [2.24, 2.45) is 10.7 Å². The molecule has 0 saturated carbocycles. The van der Waals surface area contributed by atoms with E-state index >= 15 is 0 Å². The molecule has 1 atom stereocenters. The van der Waals surface area contributed by atoms with Crippen LogP contribution in [-0.2, 0) is 30.7 Å². The summed E-state index contributed by atoms with van der Waals surface area (Å²) < 4.78 is 36.6. The Morgan fingerprint density at radius 3 is 2.31 bits per heavy atom. The first-order valence-corrected chi connectivity index (χ1v) is 12.3. The smallest absolute Gasteiger partial charge is 0.436 e. The van der Waals surface area contributed by atoms with Gasteiger partial charge in [-0.25, -0.2) is 22.3 Å². The van der Waals surface area contributed by atoms with Gasteiger partial charge in [-0.05, 0) is 48.6 Å². The lowest BCUT2D eigenvalue weighted by molar-refractivity contribution is -0.149. The number of nitrogens with zero attached hydrogens (tertiary/aromatic N) is 2. The predicted octanol–water partition coefficient (Wildman–Crippen LogP) is 2.78. The number of phenolic OH excluding ortho intramolecular Hbond substituents is 1. The zero-order chi connectivity index (χ0) is 26.3. The summed E-state index contributed by atoms with van der Waals surface area (Å²) >= 11 is 0. The van der Waals surface area contributed by atoms with Crippen LogP contribution in [0.3, 0.4) is 0 Å². The average molecular weight is 506 g/mol. The second kappa shape index (κ2) is 11.8. The highest BCUT2D eigenvalue weighted by Crippen LogP contribution is 2.27. The summed E-state index contributed by atoms with van der Waals surface area (Å²) in [6, 6.07) is 11.5. The number of benzene rings is 2. The molecule has 0 heterocycles. The van der Waals surface area contributed by atoms with Crippen LogP contribution in [0.15, 0.2) is 52.4 Å². The van der Waals surface area contributed by atoms with Crippen LogP contribution in [0.5, 0.6) is 5.75 Å². The number of aliphatic imine (C=N–C) groups is 1. The molecule has 0 bridgehead atoms. The number of methoxy groups -OCH3 is 1. The number of carbonyl (C=O) groups excluding carboxylic acids is 2. The van der Waals surface area contributed by atoms with Crippen molar-refractivity contribution < 1.29 is 32.6 Å². The van der Waals surface area contributed by atoms with Gasteiger partial charge < -0.3 is 20.3 Å². The Morgan fingerprint density at radius 2 is 1.74 bits per heavy atom. The third-order valence-electron chi connectivity index (χ3n) is 5.33. The largest absolute Gasteiger partial charge is 0.507 e. The fourth-order valence-corrected chi connectivity index (χ4v) is 4.35. The van der Waals surface area contributed by atoms with Gasteiger partial charge in [-0.15, -0.1) is 0 Å². The minimum atomic E-state index is -4.08. The number of nitrogens with two attached hydrogens (primary N) is 1. The van der Waals surface area contributed by atoms with Crippen LogP contribution in [0.1, 0.15) is 43.4 Å². The molecule has 2 rings (SSSR count). The van der Waals surface area contributed by atoms with Gasteiger partial charge in [-0.2, -0.15) is 4.99 Å². The van der Waals surface area contributed by atoms with Crippen LogP contribution in [0, 0.1) is 0 Å². The second-order valence-corrected chi connectivity index (χ2v) is 10.2. The number of hydrogen-bond donors (Lipinski definition) is 2. The number of rotatable bonds is 9. The van der Waals surface area contributed by atoms with Crippen LogP contribution in [-0.4, -0.2) is 62.5 Å². The standard InChI is InChI=1S/C24H31N3O7S/c1-15(2)18-8-6-17(7-9-18)12-13-27(4)35(31,32)21-14-19(10-11-20(21)28)22(25)26-24(30)34-16(3)23(29)33-5/h6-11,14-16,28H,12-13H2,1-5H3,(H2,25,26,30). The Labute approximate surface area is 205 Å². The summed E-state index contributed by atoms with van der Waals surface area (Å²) in [5.41, 5.74) is 8.07. The highest BCUT2D eigenvalue weighted by atomic mass is 32.2. The van der Waals surface area contributed by atoms with Gasteiger partial charge >= 0.3 is 12.1 Å². The number of phenols is 1. The van der Waals surface area contributed by atoms with Crippen molar-refractivity contribution >= 4 is 27.9 Å². The Bertz CT molecular complexity index is 1190. The number of sulfonamides is 1. The van der Waals surface area contributed by atoms with E-state index < -0.39 is 33.9 Å². The lowest BCUT2D eigenvalue weighted by Gasteiger charge is -2.18. The first kappa shape index (κ1) is 27.8. The van der Waals surface area contributed by atoms with Crippen LogP contribution in [0.25, 0.3) is 0 Å². The van der Waals surface area contributed by atoms with Crippen LogP contribution in [0.2, 0.25) is 0 Å². The van der Waals surface area contributed by atoms with E-state index in [0.29, 0.717) is 12.3 Å². The van der Waals surface area contributed by atoms with E-state index in [1.54, 1.807) is 0 Å². The number of aromatic hydroxyl groups is 1. The topological polar surface area (TPSA) is 149 Å². The van der Waals surface area contributed by atoms with Crippen LogP contribution < -0.4 is 5.73 Å². The van der Waals surface area contributed by atoms with Crippen molar-refractivity contribution in [2.45, 2.75) is 44.1 Å². The van der Waals surface area contributed by atoms with Gasteiger partial charge in [-0.1, -0.05) is 38.1 Å². The van der Waals surface area contributed by atoms with E-state index in [4.69, 9.17) is 10.5 Å². The maximum absolute atomic E-state index is 13.1. The van der Waals surface area contributed by atoms with Crippen molar-refractivity contribution in [2.75, 3.05) is 20.7 Å². The molecular weight excluding hydrogens is 474 g/mol. The summed E-state index contributed by atoms with van der Waals surface area (Å²) in [6.07, 6.45) is -1.88. The number of ether oxygens (including phenoxy) is 2. The van der Waals surface area contributed by atoms with Crippen molar-refractivity contribution in [3.8, 4) is 5.75 Å². The quantitative estimate of drug-likeness (QED) is 0.300. The number of carbonyl (C=O) groups is 2. The van der Waals surface area contributed by atoms with Crippen molar-refractivity contribution in [1.29, 1.82) is 0 Å². The van der Waals surface area contributed by atoms with Gasteiger partial charge in [0.15, 0.2) is 6.10 Å². The number of amidine groups is 1. The first-order chi connectivity index (χ1) is 16.4. The van der Waals surface area contributed by atoms with Crippen molar-refractivity contribution in [3.05, 3.63) is 59.2 Å². The van der Waals surface area contributed by atoms with Crippen LogP contribution in [0.4, 0.5) is 4.79 Å². The minimum Gasteiger partial charge on any atom is -0.507 e. The summed E-state index contributed by atoms with van der Waals surface area (Å²) in [7, 11) is -1.53. The number of hydrogen-bond acceptors (Lipinski definition) is 7. The molecule has 190 valence electrons. The van der Waals surface area contributed by atoms with Crippen molar-refractivity contribution in [1.82, 2.24) is 4.31 Å². The van der Waals surface area contributed by atoms with Crippen LogP contribution >= 0.6 is 0 Å². The third-order valence-corrected chi connectivity index (χ3v) is 7.21. The van der Waals surface area contributed by atoms with Crippen molar-refractivity contribution in [3.63, 3.8) is 0 Å². The summed E-state index contributed by atoms with van der Waals surface area (Å²) in [5, 5.41) is 10.2. The zero-order valence-electron chi connectivity index (χ0n) is 20.4. The summed E-state index contributed by atoms with van der Waals surface area (Å²) in [4.78, 5) is 26.4. The van der Waals surface area contributed by atoms with Gasteiger partial charge in [0, 0.05) is 19.2 Å². The lowest BCUT2D eigenvalue weighted by atomic mass is 10.0. The SMILES string of the molecule is COC(=O)C(C)OC(=O)N=C(N)c1ccc(O)c(S(=O)(=O)N(C)CCc2ccc(C(C)C)cc2)c1. The molecule has 0 aliphatic carbocycles. The Morgan fingerprint density at radius 1 is 1.11 bits per heavy atom. The molecule has 2 aromatic carbocycles. The van der Waals surface area contributed by atoms with E-state index in [-0.39, 0.29) is 22.8 Å². The zero-order valence-corrected chi connectivity index (χ0v) is 21.2. The first-order valence-electron chi connectivity index (χ1n) is 10.9. The molecule has 2 aromatic rings. The molecule has 0 aromatic heterocycles. The highest BCUT2D eigenvalue weighted by Gasteiger charge is 2.25. The number of esters is 1. The molecule has 0 spiro atoms. The molecular formula is C24H31N3O7S. The normalized spacial score (nSPS) is 13.1. The van der Waals surface area contributed by atoms with E-state index in [0.717, 1.165) is 29.1 Å². The monoisotopic (exact) mass is 505 g/mol. The van der Waals surface area contributed by atoms with E-state index in [1.165, 1.54) is 25.6 Å². The molecule has 11 heteroatoms. The van der Waals surface area contributed by atoms with E-state index in [9.17, 15) is 23.1 Å². The molecule has 3 N–H and O–H groups in total. The summed E-state index contributed by atoms with van der Waals surface area (Å²) in [6.45, 7) is 5.67. The Kier molecular flexibility index (Phi) is 9.38. The molecule has 1 unspecified atom stereocenters. The Hall–Kier alpha value is -3.44. The van der Waals surface area contributed by atoms with Gasteiger partial charge in [0.05, 0.1) is 7.11 Å². The maximum Gasteiger partial charge on any atom is 0.436 e.